The number of para-hydroxylation sites is 5. The predicted octanol–water partition coefficient (Wildman–Crippen LogP) is 26.2. The zero-order valence-corrected chi connectivity index (χ0v) is 92.6. The molecule has 11 heteroatoms. The van der Waals surface area contributed by atoms with Gasteiger partial charge in [0, 0.05) is 67.3 Å². The highest BCUT2D eigenvalue weighted by Crippen LogP contribution is 2.42. The first kappa shape index (κ1) is 96.4. The van der Waals surface area contributed by atoms with Gasteiger partial charge >= 0.3 is 0 Å². The van der Waals surface area contributed by atoms with Crippen molar-refractivity contribution in [1.29, 1.82) is 0 Å². The number of hydrogen-bond donors (Lipinski definition) is 0. The zero-order valence-electron chi connectivity index (χ0n) is 82.2. The highest BCUT2D eigenvalue weighted by Gasteiger charge is 2.49. The number of aromatic nitrogens is 3. The van der Waals surface area contributed by atoms with E-state index in [2.05, 4.69) is 660 Å². The molecule has 26 aromatic rings. The zero-order chi connectivity index (χ0) is 101. The van der Waals surface area contributed by atoms with Crippen molar-refractivity contribution in [3.8, 4) is 28.2 Å². The maximum atomic E-state index is 4.08. The number of benzene rings is 23. The second-order valence-electron chi connectivity index (χ2n) is 38.4. The molecular formula is C139H101Br4N3Si4. The van der Waals surface area contributed by atoms with E-state index in [1.54, 1.807) is 0 Å². The monoisotopic (exact) mass is 2240 g/mol. The second-order valence-corrected chi connectivity index (χ2v) is 57.3. The van der Waals surface area contributed by atoms with E-state index in [0.717, 1.165) is 35.7 Å². The third-order valence-electron chi connectivity index (χ3n) is 30.2. The van der Waals surface area contributed by atoms with Crippen molar-refractivity contribution in [3.05, 3.63) is 630 Å². The first-order valence-electron chi connectivity index (χ1n) is 51.0. The average molecular weight is 2250 g/mol. The summed E-state index contributed by atoms with van der Waals surface area (Å²) in [7, 11) is -11.7. The Balaban J connectivity index is 0.000000126. The second kappa shape index (κ2) is 42.5. The van der Waals surface area contributed by atoms with Crippen LogP contribution in [-0.2, 0) is 6.42 Å². The Labute approximate surface area is 913 Å². The van der Waals surface area contributed by atoms with E-state index in [4.69, 9.17) is 0 Å². The Morgan fingerprint density at radius 3 is 0.613 bits per heavy atom. The molecule has 27 rings (SSSR count). The Kier molecular flexibility index (Phi) is 27.3. The van der Waals surface area contributed by atoms with Crippen LogP contribution in [-0.4, -0.2) is 46.0 Å². The molecule has 0 N–H and O–H groups in total. The smallest absolute Gasteiger partial charge is 0.179 e. The fourth-order valence-electron chi connectivity index (χ4n) is 24.0. The molecule has 0 unspecified atom stereocenters. The van der Waals surface area contributed by atoms with Crippen molar-refractivity contribution >= 4 is 244 Å². The van der Waals surface area contributed by atoms with Crippen LogP contribution in [0.15, 0.2) is 618 Å². The number of halogens is 4. The standard InChI is InChI=1S/C66H48N2Si2.C42H33BrSi2.C25H17N.C6H3Br3/c1-7-25-51(26-8-1)69(52-27-9-2-10-28-52,53-29-11-3-12-30-53)57-45-50(46-58(48-57)70(54-31-13-4-14-32-54,55-33-15-5-16-34-55)56-35-17-6-18-36-56)68-65-42-24-21-39-61(65)62-47-49(43-44-66(62)68)67-63-40-22-19-37-59(63)60-38-20-23-41-64(60)67;43-34-31-41(44(35-19-7-1-8-20-35,36-21-9-2-10-22-36)37-23-11-3-12-24-37)33-42(32-34)45(38-25-13-4-14-26-38,39-27-15-5-16-28-39)40-29-17-6-18-30-40;1-2-8-20-17(7-1)15-18-13-14-19(16-23(18)20)26-24-11-5-3-9-21(24)22-10-4-6-12-25(22)26;7-4-1-5(8)3-6(9)2-4/h1-48H;1-33H;1-14,16H,15H2;1-3H. The van der Waals surface area contributed by atoms with Crippen molar-refractivity contribution in [2.45, 2.75) is 6.42 Å². The molecule has 0 radical (unpaired) electrons. The third-order valence-corrected chi connectivity index (χ3v) is 51.1. The van der Waals surface area contributed by atoms with Crippen molar-refractivity contribution in [2.75, 3.05) is 0 Å². The summed E-state index contributed by atoms with van der Waals surface area (Å²) in [4.78, 5) is 0. The average Bonchev–Trinajstić information content (AvgIpc) is 0.933. The molecule has 0 aliphatic heterocycles. The Bertz CT molecular complexity index is 8480. The van der Waals surface area contributed by atoms with E-state index in [1.807, 2.05) is 18.2 Å². The molecule has 1 aliphatic carbocycles. The summed E-state index contributed by atoms with van der Waals surface area (Å²) >= 11 is 14.1. The van der Waals surface area contributed by atoms with Crippen LogP contribution in [0.25, 0.3) is 93.6 Å². The number of nitrogens with zero attached hydrogens (tertiary/aromatic N) is 3. The lowest BCUT2D eigenvalue weighted by molar-refractivity contribution is 1.17. The maximum absolute atomic E-state index is 4.08. The molecule has 1 aliphatic rings. The molecule has 0 atom stereocenters. The van der Waals surface area contributed by atoms with Crippen LogP contribution in [0.2, 0.25) is 0 Å². The summed E-state index contributed by atoms with van der Waals surface area (Å²) in [6.45, 7) is 0. The van der Waals surface area contributed by atoms with Crippen molar-refractivity contribution < 1.29 is 0 Å². The summed E-state index contributed by atoms with van der Waals surface area (Å²) in [5.74, 6) is 0. The molecule has 3 heterocycles. The van der Waals surface area contributed by atoms with Gasteiger partial charge in [-0.2, -0.15) is 0 Å². The highest BCUT2D eigenvalue weighted by molar-refractivity contribution is 9.11. The molecule has 0 saturated heterocycles. The topological polar surface area (TPSA) is 14.8 Å². The minimum absolute atomic E-state index is 1.04. The largest absolute Gasteiger partial charge is 0.309 e. The van der Waals surface area contributed by atoms with Crippen LogP contribution in [0.3, 0.4) is 0 Å². The van der Waals surface area contributed by atoms with Crippen LogP contribution < -0.4 is 83.0 Å². The van der Waals surface area contributed by atoms with Crippen molar-refractivity contribution in [1.82, 2.24) is 13.7 Å². The van der Waals surface area contributed by atoms with Crippen LogP contribution in [0.1, 0.15) is 11.1 Å². The fraction of sp³-hybridized carbons (Fsp3) is 0.00719. The SMILES string of the molecule is Brc1cc(Br)cc(Br)c1.Brc1cc([Si](c2ccccc2)(c2ccccc2)c2ccccc2)cc([Si](c2ccccc2)(c2ccccc2)c2ccccc2)c1.c1ccc([Si](c2ccccc2)(c2ccccc2)c2cc(-n3c4ccccc4c4cc(-n5c6ccccc6c6ccccc65)ccc43)cc([Si](c3ccccc3)(c3ccccc3)c3ccccc3)c2)cc1.c1ccc2c(c1)Cc1ccc(-n3c4ccccc4c4ccccc43)cc1-2. The molecule has 0 saturated carbocycles. The lowest BCUT2D eigenvalue weighted by Crippen LogP contribution is -2.78. The number of rotatable bonds is 19. The van der Waals surface area contributed by atoms with E-state index in [0.29, 0.717) is 0 Å². The van der Waals surface area contributed by atoms with Crippen LogP contribution in [0.4, 0.5) is 0 Å². The van der Waals surface area contributed by atoms with Gasteiger partial charge < -0.3 is 13.7 Å². The molecule has 0 bridgehead atoms. The number of fused-ring (bicyclic) bond motifs is 12. The van der Waals surface area contributed by atoms with E-state index < -0.39 is 32.3 Å². The first-order chi connectivity index (χ1) is 74.1. The fourth-order valence-corrected chi connectivity index (χ4v) is 46.9. The Morgan fingerprint density at radius 1 is 0.133 bits per heavy atom. The van der Waals surface area contributed by atoms with Gasteiger partial charge in [-0.1, -0.05) is 561 Å². The van der Waals surface area contributed by atoms with Gasteiger partial charge in [-0.05, 0) is 215 Å². The van der Waals surface area contributed by atoms with Gasteiger partial charge in [0.2, 0.25) is 0 Å². The van der Waals surface area contributed by atoms with Gasteiger partial charge in [0.15, 0.2) is 32.3 Å². The van der Waals surface area contributed by atoms with Gasteiger partial charge in [-0.25, -0.2) is 0 Å². The third kappa shape index (κ3) is 17.6. The molecule has 0 fully saturated rings. The van der Waals surface area contributed by atoms with Crippen LogP contribution >= 0.6 is 63.7 Å². The van der Waals surface area contributed by atoms with Gasteiger partial charge in [-0.3, -0.25) is 0 Å². The van der Waals surface area contributed by atoms with E-state index in [1.165, 1.54) is 176 Å². The highest BCUT2D eigenvalue weighted by atomic mass is 79.9. The molecule has 23 aromatic carbocycles. The summed E-state index contributed by atoms with van der Waals surface area (Å²) in [6, 6.07) is 223. The van der Waals surface area contributed by atoms with E-state index >= 15 is 0 Å². The quantitative estimate of drug-likeness (QED) is 0.0566. The number of hydrogen-bond acceptors (Lipinski definition) is 0. The molecule has 0 amide bonds. The van der Waals surface area contributed by atoms with Gasteiger partial charge in [-0.15, -0.1) is 0 Å². The molecule has 0 spiro atoms. The van der Waals surface area contributed by atoms with E-state index in [9.17, 15) is 0 Å². The molecule has 150 heavy (non-hydrogen) atoms. The van der Waals surface area contributed by atoms with Crippen LogP contribution in [0, 0.1) is 0 Å². The summed E-state index contributed by atoms with van der Waals surface area (Å²) in [6.07, 6.45) is 1.04. The summed E-state index contributed by atoms with van der Waals surface area (Å²) in [5, 5.41) is 29.3. The first-order valence-corrected chi connectivity index (χ1v) is 62.2. The van der Waals surface area contributed by atoms with Crippen LogP contribution in [0.5, 0.6) is 0 Å². The minimum Gasteiger partial charge on any atom is -0.309 e. The van der Waals surface area contributed by atoms with Gasteiger partial charge in [0.25, 0.3) is 0 Å². The molecule has 716 valence electrons. The maximum Gasteiger partial charge on any atom is 0.179 e. The minimum atomic E-state index is -3.08. The lowest BCUT2D eigenvalue weighted by atomic mass is 10.1. The molecule has 3 aromatic heterocycles. The van der Waals surface area contributed by atoms with Gasteiger partial charge in [0.1, 0.15) is 0 Å². The van der Waals surface area contributed by atoms with E-state index in [-0.39, 0.29) is 0 Å². The Morgan fingerprint density at radius 2 is 0.333 bits per heavy atom. The van der Waals surface area contributed by atoms with Gasteiger partial charge in [0.05, 0.1) is 33.1 Å². The lowest BCUT2D eigenvalue weighted by Gasteiger charge is -2.38. The summed E-state index contributed by atoms with van der Waals surface area (Å²) < 4.78 is 11.7. The predicted molar refractivity (Wildman–Crippen MR) is 662 cm³/mol. The molecule has 3 nitrogen and oxygen atoms in total. The molecular weight excluding hydrogens is 2140 g/mol. The Hall–Kier alpha value is -15.8. The van der Waals surface area contributed by atoms with Crippen molar-refractivity contribution in [2.24, 2.45) is 0 Å². The normalized spacial score (nSPS) is 11.8. The van der Waals surface area contributed by atoms with Crippen molar-refractivity contribution in [3.63, 3.8) is 0 Å². The summed E-state index contributed by atoms with van der Waals surface area (Å²) in [5.41, 5.74) is 16.4.